The van der Waals surface area contributed by atoms with Crippen molar-refractivity contribution in [2.24, 2.45) is 0 Å². The van der Waals surface area contributed by atoms with Crippen LogP contribution in [0, 0.1) is 0 Å². The number of Topliss-reactive ketones (excluding diaryl/α,β-unsaturated/α-hetero) is 1. The Bertz CT molecular complexity index is 756. The van der Waals surface area contributed by atoms with Crippen LogP contribution in [-0.4, -0.2) is 16.0 Å². The minimum absolute atomic E-state index is 0.0750. The lowest BCUT2D eigenvalue weighted by Gasteiger charge is -2.02. The zero-order valence-corrected chi connectivity index (χ0v) is 12.6. The Morgan fingerprint density at radius 1 is 1.04 bits per heavy atom. The molecule has 0 spiro atoms. The van der Waals surface area contributed by atoms with Crippen molar-refractivity contribution in [3.63, 3.8) is 0 Å². The van der Waals surface area contributed by atoms with Gasteiger partial charge in [0, 0.05) is 12.5 Å². The number of hydrogen-bond donors (Lipinski definition) is 2. The number of carbonyl (C=O) groups is 1. The van der Waals surface area contributed by atoms with Gasteiger partial charge in [0.2, 0.25) is 0 Å². The van der Waals surface area contributed by atoms with Crippen molar-refractivity contribution in [3.05, 3.63) is 90.0 Å². The van der Waals surface area contributed by atoms with E-state index in [1.807, 2.05) is 42.5 Å². The fraction of sp³-hybridized carbons (Fsp3) is 0.0500. The highest BCUT2D eigenvalue weighted by molar-refractivity contribution is 5.99. The molecule has 3 heteroatoms. The standard InChI is InChI=1S/C20H18O3/c1-15(10-11-16-7-3-2-4-8-16)6-5-9-19(22)18-13-12-17(21)14-20(18)23/h2-8,10-14,21,23H,1,9H2/b6-5-,11-10+. The predicted octanol–water partition coefficient (Wildman–Crippen LogP) is 4.50. The maximum Gasteiger partial charge on any atom is 0.170 e. The number of ketones is 1. The van der Waals surface area contributed by atoms with Crippen molar-refractivity contribution in [1.82, 2.24) is 0 Å². The number of aromatic hydroxyl groups is 2. The van der Waals surface area contributed by atoms with E-state index in [0.29, 0.717) is 0 Å². The zero-order valence-electron chi connectivity index (χ0n) is 12.6. The van der Waals surface area contributed by atoms with E-state index < -0.39 is 0 Å². The number of allylic oxidation sites excluding steroid dienone is 4. The molecule has 0 heterocycles. The summed E-state index contributed by atoms with van der Waals surface area (Å²) in [7, 11) is 0. The van der Waals surface area contributed by atoms with Crippen LogP contribution in [0.4, 0.5) is 0 Å². The van der Waals surface area contributed by atoms with E-state index in [-0.39, 0.29) is 29.3 Å². The zero-order chi connectivity index (χ0) is 16.7. The Hall–Kier alpha value is -3.07. The van der Waals surface area contributed by atoms with Crippen molar-refractivity contribution in [3.8, 4) is 11.5 Å². The fourth-order valence-electron chi connectivity index (χ4n) is 2.01. The predicted molar refractivity (Wildman–Crippen MR) is 92.5 cm³/mol. The first-order valence-corrected chi connectivity index (χ1v) is 7.20. The molecule has 0 amide bonds. The van der Waals surface area contributed by atoms with Crippen LogP contribution in [0.3, 0.4) is 0 Å². The quantitative estimate of drug-likeness (QED) is 0.610. The van der Waals surface area contributed by atoms with Crippen LogP contribution in [0.15, 0.2) is 78.9 Å². The minimum Gasteiger partial charge on any atom is -0.508 e. The van der Waals surface area contributed by atoms with E-state index in [0.717, 1.165) is 17.2 Å². The van der Waals surface area contributed by atoms with Gasteiger partial charge >= 0.3 is 0 Å². The van der Waals surface area contributed by atoms with Crippen molar-refractivity contribution in [1.29, 1.82) is 0 Å². The summed E-state index contributed by atoms with van der Waals surface area (Å²) in [5.74, 6) is -0.515. The lowest BCUT2D eigenvalue weighted by molar-refractivity contribution is 0.0993. The van der Waals surface area contributed by atoms with E-state index in [1.165, 1.54) is 12.1 Å². The molecule has 2 N–H and O–H groups in total. The summed E-state index contributed by atoms with van der Waals surface area (Å²) in [6, 6.07) is 13.8. The first-order valence-electron chi connectivity index (χ1n) is 7.20. The van der Waals surface area contributed by atoms with E-state index in [1.54, 1.807) is 12.2 Å². The molecule has 0 aromatic heterocycles. The largest absolute Gasteiger partial charge is 0.508 e. The van der Waals surface area contributed by atoms with Crippen molar-refractivity contribution in [2.75, 3.05) is 0 Å². The Balaban J connectivity index is 1.92. The van der Waals surface area contributed by atoms with Crippen LogP contribution >= 0.6 is 0 Å². The highest BCUT2D eigenvalue weighted by atomic mass is 16.3. The van der Waals surface area contributed by atoms with Gasteiger partial charge in [0.15, 0.2) is 5.78 Å². The second kappa shape index (κ2) is 7.80. The van der Waals surface area contributed by atoms with Gasteiger partial charge in [-0.25, -0.2) is 0 Å². The average molecular weight is 306 g/mol. The number of carbonyl (C=O) groups excluding carboxylic acids is 1. The molecule has 0 radical (unpaired) electrons. The third-order valence-electron chi connectivity index (χ3n) is 3.21. The van der Waals surface area contributed by atoms with Crippen molar-refractivity contribution in [2.45, 2.75) is 6.42 Å². The molecule has 0 aliphatic heterocycles. The highest BCUT2D eigenvalue weighted by Crippen LogP contribution is 2.23. The number of phenolic OH excluding ortho intramolecular Hbond substituents is 2. The van der Waals surface area contributed by atoms with Crippen LogP contribution in [0.1, 0.15) is 22.3 Å². The third-order valence-corrected chi connectivity index (χ3v) is 3.21. The molecular formula is C20H18O3. The maximum atomic E-state index is 12.0. The molecule has 0 aliphatic carbocycles. The van der Waals surface area contributed by atoms with E-state index in [4.69, 9.17) is 0 Å². The Labute approximate surface area is 135 Å². The smallest absolute Gasteiger partial charge is 0.170 e. The van der Waals surface area contributed by atoms with Gasteiger partial charge in [-0.15, -0.1) is 0 Å². The number of rotatable bonds is 6. The molecule has 0 unspecified atom stereocenters. The fourth-order valence-corrected chi connectivity index (χ4v) is 2.01. The van der Waals surface area contributed by atoms with Gasteiger partial charge < -0.3 is 10.2 Å². The molecule has 3 nitrogen and oxygen atoms in total. The summed E-state index contributed by atoms with van der Waals surface area (Å²) >= 11 is 0. The summed E-state index contributed by atoms with van der Waals surface area (Å²) in [4.78, 5) is 12.0. The van der Waals surface area contributed by atoms with Crippen LogP contribution in [0.5, 0.6) is 11.5 Å². The molecule has 0 bridgehead atoms. The van der Waals surface area contributed by atoms with Gasteiger partial charge in [0.05, 0.1) is 5.56 Å². The van der Waals surface area contributed by atoms with Gasteiger partial charge in [0.25, 0.3) is 0 Å². The SMILES string of the molecule is C=C(/C=C\CC(=O)c1ccc(O)cc1O)/C=C/c1ccccc1. The van der Waals surface area contributed by atoms with Crippen molar-refractivity contribution < 1.29 is 15.0 Å². The summed E-state index contributed by atoms with van der Waals surface area (Å²) < 4.78 is 0. The molecule has 2 rings (SSSR count). The molecule has 23 heavy (non-hydrogen) atoms. The first kappa shape index (κ1) is 16.3. The Morgan fingerprint density at radius 3 is 2.48 bits per heavy atom. The number of benzene rings is 2. The van der Waals surface area contributed by atoms with Crippen LogP contribution in [-0.2, 0) is 0 Å². The monoisotopic (exact) mass is 306 g/mol. The molecule has 0 saturated carbocycles. The molecule has 0 fully saturated rings. The summed E-state index contributed by atoms with van der Waals surface area (Å²) in [5.41, 5.74) is 2.04. The molecular weight excluding hydrogens is 288 g/mol. The minimum atomic E-state index is -0.224. The Morgan fingerprint density at radius 2 is 1.78 bits per heavy atom. The number of hydrogen-bond acceptors (Lipinski definition) is 3. The van der Waals surface area contributed by atoms with Crippen LogP contribution in [0.2, 0.25) is 0 Å². The van der Waals surface area contributed by atoms with Crippen LogP contribution in [0.25, 0.3) is 6.08 Å². The second-order valence-electron chi connectivity index (χ2n) is 5.05. The van der Waals surface area contributed by atoms with Crippen molar-refractivity contribution >= 4 is 11.9 Å². The topological polar surface area (TPSA) is 57.5 Å². The average Bonchev–Trinajstić information content (AvgIpc) is 2.53. The molecule has 0 atom stereocenters. The van der Waals surface area contributed by atoms with Gasteiger partial charge in [-0.1, -0.05) is 61.2 Å². The Kier molecular flexibility index (Phi) is 5.53. The first-order chi connectivity index (χ1) is 11.1. The molecule has 0 saturated heterocycles. The molecule has 116 valence electrons. The number of phenols is 2. The lowest BCUT2D eigenvalue weighted by Crippen LogP contribution is -1.97. The van der Waals surface area contributed by atoms with E-state index in [2.05, 4.69) is 6.58 Å². The molecule has 2 aromatic rings. The summed E-state index contributed by atoms with van der Waals surface area (Å²) in [6.07, 6.45) is 7.42. The van der Waals surface area contributed by atoms with Gasteiger partial charge in [-0.05, 0) is 23.3 Å². The normalized spacial score (nSPS) is 11.1. The van der Waals surface area contributed by atoms with Crippen LogP contribution < -0.4 is 0 Å². The molecule has 0 aliphatic rings. The molecule has 2 aromatic carbocycles. The highest BCUT2D eigenvalue weighted by Gasteiger charge is 2.09. The van der Waals surface area contributed by atoms with E-state index >= 15 is 0 Å². The van der Waals surface area contributed by atoms with Gasteiger partial charge in [0.1, 0.15) is 11.5 Å². The summed E-state index contributed by atoms with van der Waals surface area (Å²) in [6.45, 7) is 3.90. The third kappa shape index (κ3) is 5.00. The van der Waals surface area contributed by atoms with Gasteiger partial charge in [-0.2, -0.15) is 0 Å². The second-order valence-corrected chi connectivity index (χ2v) is 5.05. The van der Waals surface area contributed by atoms with E-state index in [9.17, 15) is 15.0 Å². The van der Waals surface area contributed by atoms with Gasteiger partial charge in [-0.3, -0.25) is 4.79 Å². The summed E-state index contributed by atoms with van der Waals surface area (Å²) in [5, 5.41) is 18.9. The maximum absolute atomic E-state index is 12.0. The lowest BCUT2D eigenvalue weighted by atomic mass is 10.1.